The van der Waals surface area contributed by atoms with Crippen LogP contribution in [0.4, 0.5) is 4.79 Å². The molecule has 108 valence electrons. The van der Waals surface area contributed by atoms with E-state index in [0.29, 0.717) is 13.0 Å². The van der Waals surface area contributed by atoms with Crippen molar-refractivity contribution in [1.29, 1.82) is 0 Å². The van der Waals surface area contributed by atoms with Gasteiger partial charge in [0.25, 0.3) is 0 Å². The highest BCUT2D eigenvalue weighted by Crippen LogP contribution is 2.17. The lowest BCUT2D eigenvalue weighted by atomic mass is 9.90. The monoisotopic (exact) mass is 281 g/mol. The second-order valence-electron chi connectivity index (χ2n) is 5.08. The van der Waals surface area contributed by atoms with Crippen LogP contribution in [0.25, 0.3) is 0 Å². The Balaban J connectivity index is 4.28. The predicted molar refractivity (Wildman–Crippen MR) is 69.1 cm³/mol. The Bertz CT molecular complexity index is 365. The van der Waals surface area contributed by atoms with Crippen molar-refractivity contribution in [2.75, 3.05) is 13.1 Å². The fourth-order valence-electron chi connectivity index (χ4n) is 1.15. The summed E-state index contributed by atoms with van der Waals surface area (Å²) in [6.07, 6.45) is -0.700. The number of nitrogens with one attached hydrogen (secondary N) is 2. The summed E-state index contributed by atoms with van der Waals surface area (Å²) in [4.78, 5) is 11.1. The van der Waals surface area contributed by atoms with Crippen LogP contribution in [0.2, 0.25) is 0 Å². The number of rotatable bonds is 7. The van der Waals surface area contributed by atoms with Gasteiger partial charge in [-0.05, 0) is 32.2 Å². The standard InChI is InChI=1S/C10H23N3O4S/c1-8(2)17-9(14)13-18(15,16)12-7-10(3,4)5-6-11/h8,12H,5-7,11H2,1-4H3,(H,13,14). The number of amides is 1. The molecule has 18 heavy (non-hydrogen) atoms. The van der Waals surface area contributed by atoms with Crippen molar-refractivity contribution in [3.8, 4) is 0 Å². The fraction of sp³-hybridized carbons (Fsp3) is 0.900. The Kier molecular flexibility index (Phi) is 6.58. The molecule has 0 bridgehead atoms. The van der Waals surface area contributed by atoms with Gasteiger partial charge < -0.3 is 10.5 Å². The summed E-state index contributed by atoms with van der Waals surface area (Å²) in [5, 5.41) is 0. The van der Waals surface area contributed by atoms with Gasteiger partial charge in [-0.3, -0.25) is 0 Å². The molecule has 0 saturated carbocycles. The van der Waals surface area contributed by atoms with Gasteiger partial charge in [0.05, 0.1) is 6.10 Å². The third kappa shape index (κ3) is 8.26. The van der Waals surface area contributed by atoms with Crippen molar-refractivity contribution in [3.05, 3.63) is 0 Å². The van der Waals surface area contributed by atoms with Gasteiger partial charge in [0.1, 0.15) is 0 Å². The Morgan fingerprint density at radius 2 is 1.94 bits per heavy atom. The summed E-state index contributed by atoms with van der Waals surface area (Å²) in [6.45, 7) is 7.68. The zero-order valence-corrected chi connectivity index (χ0v) is 12.1. The number of carbonyl (C=O) groups excluding carboxylic acids is 1. The lowest BCUT2D eigenvalue weighted by Crippen LogP contribution is -2.44. The molecule has 7 nitrogen and oxygen atoms in total. The van der Waals surface area contributed by atoms with Crippen LogP contribution in [-0.4, -0.2) is 33.7 Å². The summed E-state index contributed by atoms with van der Waals surface area (Å²) in [5.41, 5.74) is 5.15. The molecule has 0 radical (unpaired) electrons. The van der Waals surface area contributed by atoms with Crippen molar-refractivity contribution >= 4 is 16.3 Å². The number of ether oxygens (including phenoxy) is 1. The van der Waals surface area contributed by atoms with Crippen LogP contribution in [0, 0.1) is 5.41 Å². The lowest BCUT2D eigenvalue weighted by molar-refractivity contribution is 0.121. The zero-order chi connectivity index (χ0) is 14.4. The molecule has 0 aliphatic carbocycles. The molecule has 0 atom stereocenters. The molecule has 0 aromatic carbocycles. The Morgan fingerprint density at radius 3 is 2.39 bits per heavy atom. The summed E-state index contributed by atoms with van der Waals surface area (Å²) in [7, 11) is -3.89. The highest BCUT2D eigenvalue weighted by molar-refractivity contribution is 7.88. The van der Waals surface area contributed by atoms with Crippen molar-refractivity contribution in [1.82, 2.24) is 9.44 Å². The van der Waals surface area contributed by atoms with Crippen LogP contribution in [0.5, 0.6) is 0 Å². The predicted octanol–water partition coefficient (Wildman–Crippen LogP) is 0.330. The van der Waals surface area contributed by atoms with Gasteiger partial charge in [-0.2, -0.15) is 13.1 Å². The molecule has 0 unspecified atom stereocenters. The van der Waals surface area contributed by atoms with E-state index >= 15 is 0 Å². The molecular weight excluding hydrogens is 258 g/mol. The van der Waals surface area contributed by atoms with E-state index in [1.165, 1.54) is 0 Å². The van der Waals surface area contributed by atoms with Crippen LogP contribution in [0.15, 0.2) is 0 Å². The van der Waals surface area contributed by atoms with Crippen LogP contribution >= 0.6 is 0 Å². The molecule has 0 spiro atoms. The molecule has 0 aromatic heterocycles. The minimum Gasteiger partial charge on any atom is -0.446 e. The molecular formula is C10H23N3O4S. The smallest absolute Gasteiger partial charge is 0.422 e. The third-order valence-corrected chi connectivity index (χ3v) is 3.08. The van der Waals surface area contributed by atoms with E-state index in [1.807, 2.05) is 13.8 Å². The third-order valence-electron chi connectivity index (χ3n) is 2.12. The van der Waals surface area contributed by atoms with Gasteiger partial charge in [-0.15, -0.1) is 0 Å². The molecule has 0 fully saturated rings. The Hall–Kier alpha value is -0.860. The van der Waals surface area contributed by atoms with E-state index in [9.17, 15) is 13.2 Å². The van der Waals surface area contributed by atoms with Gasteiger partial charge in [-0.1, -0.05) is 13.8 Å². The molecule has 0 aliphatic rings. The average Bonchev–Trinajstić information content (AvgIpc) is 2.12. The first-order valence-electron chi connectivity index (χ1n) is 5.76. The average molecular weight is 281 g/mol. The molecule has 4 N–H and O–H groups in total. The second-order valence-corrected chi connectivity index (χ2v) is 6.58. The summed E-state index contributed by atoms with van der Waals surface area (Å²) in [6, 6.07) is 0. The van der Waals surface area contributed by atoms with Crippen LogP contribution in [-0.2, 0) is 14.9 Å². The molecule has 8 heteroatoms. The first kappa shape index (κ1) is 17.1. The Morgan fingerprint density at radius 1 is 1.39 bits per heavy atom. The van der Waals surface area contributed by atoms with E-state index in [-0.39, 0.29) is 18.1 Å². The number of carbonyl (C=O) groups is 1. The SMILES string of the molecule is CC(C)OC(=O)NS(=O)(=O)NCC(C)(C)CCN. The van der Waals surface area contributed by atoms with Gasteiger partial charge in [-0.25, -0.2) is 9.52 Å². The maximum Gasteiger partial charge on any atom is 0.422 e. The highest BCUT2D eigenvalue weighted by atomic mass is 32.2. The van der Waals surface area contributed by atoms with E-state index in [2.05, 4.69) is 9.46 Å². The van der Waals surface area contributed by atoms with Gasteiger partial charge in [0.2, 0.25) is 0 Å². The van der Waals surface area contributed by atoms with Gasteiger partial charge in [0.15, 0.2) is 0 Å². The van der Waals surface area contributed by atoms with E-state index in [0.717, 1.165) is 0 Å². The molecule has 0 saturated heterocycles. The normalized spacial score (nSPS) is 12.6. The first-order chi connectivity index (χ1) is 8.08. The molecule has 0 aromatic rings. The van der Waals surface area contributed by atoms with Crippen molar-refractivity contribution in [3.63, 3.8) is 0 Å². The minimum atomic E-state index is -3.89. The quantitative estimate of drug-likeness (QED) is 0.623. The van der Waals surface area contributed by atoms with E-state index in [4.69, 9.17) is 5.73 Å². The summed E-state index contributed by atoms with van der Waals surface area (Å²) >= 11 is 0. The molecule has 0 rings (SSSR count). The molecule has 0 heterocycles. The highest BCUT2D eigenvalue weighted by Gasteiger charge is 2.22. The Labute approximate surface area is 109 Å². The van der Waals surface area contributed by atoms with Crippen molar-refractivity contribution in [2.24, 2.45) is 11.1 Å². The van der Waals surface area contributed by atoms with Gasteiger partial charge >= 0.3 is 16.3 Å². The van der Waals surface area contributed by atoms with E-state index < -0.39 is 16.3 Å². The zero-order valence-electron chi connectivity index (χ0n) is 11.3. The van der Waals surface area contributed by atoms with Crippen molar-refractivity contribution < 1.29 is 17.9 Å². The number of hydrogen-bond acceptors (Lipinski definition) is 5. The lowest BCUT2D eigenvalue weighted by Gasteiger charge is -2.24. The van der Waals surface area contributed by atoms with Gasteiger partial charge in [0, 0.05) is 6.54 Å². The maximum absolute atomic E-state index is 11.5. The summed E-state index contributed by atoms with van der Waals surface area (Å²) in [5.74, 6) is 0. The van der Waals surface area contributed by atoms with Crippen LogP contribution in [0.3, 0.4) is 0 Å². The van der Waals surface area contributed by atoms with Crippen molar-refractivity contribution in [2.45, 2.75) is 40.2 Å². The fourth-order valence-corrected chi connectivity index (χ4v) is 2.07. The molecule has 0 aliphatic heterocycles. The van der Waals surface area contributed by atoms with Crippen LogP contribution in [0.1, 0.15) is 34.1 Å². The largest absolute Gasteiger partial charge is 0.446 e. The first-order valence-corrected chi connectivity index (χ1v) is 7.24. The van der Waals surface area contributed by atoms with Crippen LogP contribution < -0.4 is 15.2 Å². The number of nitrogens with two attached hydrogens (primary N) is 1. The van der Waals surface area contributed by atoms with E-state index in [1.54, 1.807) is 18.6 Å². The topological polar surface area (TPSA) is 111 Å². The molecule has 1 amide bonds. The number of hydrogen-bond donors (Lipinski definition) is 3. The minimum absolute atomic E-state index is 0.189. The maximum atomic E-state index is 11.5. The summed E-state index contributed by atoms with van der Waals surface area (Å²) < 4.78 is 31.8. The second kappa shape index (κ2) is 6.91.